The molecule has 1 atom stereocenters. The van der Waals surface area contributed by atoms with Crippen LogP contribution in [0.2, 0.25) is 0 Å². The molecule has 0 bridgehead atoms. The molecule has 0 saturated carbocycles. The van der Waals surface area contributed by atoms with Crippen molar-refractivity contribution in [1.29, 1.82) is 0 Å². The standard InChI is InChI=1S/C29H35N5O3/c1-4-22(21-10-6-5-7-11-21)28(35)34-15-14-24-23(20-34)27(37-26-13-9-8-12-25(26)36-3)31-29(30-24)33-18-16-32(2)17-19-33/h5-13,22H,4,14-20H2,1-3H3. The Kier molecular flexibility index (Phi) is 7.55. The Morgan fingerprint density at radius 1 is 0.946 bits per heavy atom. The molecule has 37 heavy (non-hydrogen) atoms. The topological polar surface area (TPSA) is 71.0 Å². The second kappa shape index (κ2) is 11.2. The first-order valence-electron chi connectivity index (χ1n) is 13.0. The van der Waals surface area contributed by atoms with Gasteiger partial charge in [-0.2, -0.15) is 4.98 Å². The van der Waals surface area contributed by atoms with Crippen LogP contribution in [0.15, 0.2) is 54.6 Å². The molecule has 2 aromatic carbocycles. The van der Waals surface area contributed by atoms with Crippen LogP contribution in [0.1, 0.15) is 36.1 Å². The molecule has 5 rings (SSSR count). The van der Waals surface area contributed by atoms with Crippen molar-refractivity contribution in [2.24, 2.45) is 0 Å². The van der Waals surface area contributed by atoms with Crippen molar-refractivity contribution in [2.75, 3.05) is 51.8 Å². The second-order valence-electron chi connectivity index (χ2n) is 9.68. The number of hydrogen-bond acceptors (Lipinski definition) is 7. The first-order chi connectivity index (χ1) is 18.1. The predicted molar refractivity (Wildman–Crippen MR) is 143 cm³/mol. The minimum Gasteiger partial charge on any atom is -0.493 e. The number of nitrogens with zero attached hydrogens (tertiary/aromatic N) is 5. The molecule has 1 fully saturated rings. The van der Waals surface area contributed by atoms with E-state index in [0.29, 0.717) is 42.8 Å². The van der Waals surface area contributed by atoms with Gasteiger partial charge < -0.3 is 24.2 Å². The van der Waals surface area contributed by atoms with Gasteiger partial charge in [-0.3, -0.25) is 4.79 Å². The highest BCUT2D eigenvalue weighted by atomic mass is 16.5. The number of carbonyl (C=O) groups excluding carboxylic acids is 1. The summed E-state index contributed by atoms with van der Waals surface area (Å²) in [4.78, 5) is 30.0. The Bertz CT molecular complexity index is 1230. The summed E-state index contributed by atoms with van der Waals surface area (Å²) in [6, 6.07) is 17.6. The molecule has 0 radical (unpaired) electrons. The third-order valence-corrected chi connectivity index (χ3v) is 7.29. The Balaban J connectivity index is 1.48. The fraction of sp³-hybridized carbons (Fsp3) is 0.414. The molecule has 8 heteroatoms. The van der Waals surface area contributed by atoms with Gasteiger partial charge in [-0.1, -0.05) is 49.4 Å². The molecule has 3 aromatic rings. The summed E-state index contributed by atoms with van der Waals surface area (Å²) in [6.45, 7) is 6.77. The van der Waals surface area contributed by atoms with Gasteiger partial charge in [0.25, 0.3) is 0 Å². The van der Waals surface area contributed by atoms with Crippen molar-refractivity contribution in [3.63, 3.8) is 0 Å². The largest absolute Gasteiger partial charge is 0.493 e. The van der Waals surface area contributed by atoms with Gasteiger partial charge in [0.15, 0.2) is 11.5 Å². The summed E-state index contributed by atoms with van der Waals surface area (Å²) in [5.41, 5.74) is 2.87. The summed E-state index contributed by atoms with van der Waals surface area (Å²) in [5, 5.41) is 0. The molecule has 1 amide bonds. The van der Waals surface area contributed by atoms with E-state index in [-0.39, 0.29) is 11.8 Å². The number of ether oxygens (including phenoxy) is 2. The fourth-order valence-electron chi connectivity index (χ4n) is 5.06. The monoisotopic (exact) mass is 501 g/mol. The summed E-state index contributed by atoms with van der Waals surface area (Å²) >= 11 is 0. The van der Waals surface area contributed by atoms with Crippen molar-refractivity contribution in [3.8, 4) is 17.4 Å². The lowest BCUT2D eigenvalue weighted by Crippen LogP contribution is -2.45. The minimum absolute atomic E-state index is 0.130. The van der Waals surface area contributed by atoms with Crippen LogP contribution < -0.4 is 14.4 Å². The quantitative estimate of drug-likeness (QED) is 0.483. The molecular formula is C29H35N5O3. The number of aromatic nitrogens is 2. The zero-order chi connectivity index (χ0) is 25.8. The number of piperazine rings is 1. The minimum atomic E-state index is -0.174. The lowest BCUT2D eigenvalue weighted by atomic mass is 9.94. The molecule has 194 valence electrons. The van der Waals surface area contributed by atoms with Crippen LogP contribution in [0.3, 0.4) is 0 Å². The molecule has 2 aliphatic heterocycles. The average molecular weight is 502 g/mol. The maximum atomic E-state index is 13.7. The Morgan fingerprint density at radius 2 is 1.65 bits per heavy atom. The van der Waals surface area contributed by atoms with Gasteiger partial charge in [-0.25, -0.2) is 4.98 Å². The highest BCUT2D eigenvalue weighted by Crippen LogP contribution is 2.36. The molecule has 0 N–H and O–H groups in total. The molecular weight excluding hydrogens is 466 g/mol. The Hall–Kier alpha value is -3.65. The van der Waals surface area contributed by atoms with E-state index in [0.717, 1.165) is 49.4 Å². The molecule has 2 aliphatic rings. The summed E-state index contributed by atoms with van der Waals surface area (Å²) < 4.78 is 11.9. The van der Waals surface area contributed by atoms with Crippen LogP contribution in [0.5, 0.6) is 17.4 Å². The normalized spacial score (nSPS) is 16.7. The number of para-hydroxylation sites is 2. The lowest BCUT2D eigenvalue weighted by Gasteiger charge is -2.35. The van der Waals surface area contributed by atoms with Gasteiger partial charge in [0.2, 0.25) is 17.7 Å². The number of methoxy groups -OCH3 is 1. The number of benzene rings is 2. The lowest BCUT2D eigenvalue weighted by molar-refractivity contribution is -0.133. The SMILES string of the molecule is CCC(C(=O)N1CCc2nc(N3CCN(C)CC3)nc(Oc3ccccc3OC)c2C1)c1ccccc1. The van der Waals surface area contributed by atoms with E-state index in [1.165, 1.54) is 0 Å². The van der Waals surface area contributed by atoms with Crippen LogP contribution >= 0.6 is 0 Å². The molecule has 1 aromatic heterocycles. The Morgan fingerprint density at radius 3 is 2.35 bits per heavy atom. The third kappa shape index (κ3) is 5.39. The zero-order valence-electron chi connectivity index (χ0n) is 21.9. The summed E-state index contributed by atoms with van der Waals surface area (Å²) in [6.07, 6.45) is 1.41. The fourth-order valence-corrected chi connectivity index (χ4v) is 5.06. The van der Waals surface area contributed by atoms with Crippen LogP contribution in [0.25, 0.3) is 0 Å². The molecule has 8 nitrogen and oxygen atoms in total. The van der Waals surface area contributed by atoms with Gasteiger partial charge in [0.1, 0.15) is 0 Å². The van der Waals surface area contributed by atoms with E-state index in [2.05, 4.69) is 23.8 Å². The van der Waals surface area contributed by atoms with Gasteiger partial charge in [-0.15, -0.1) is 0 Å². The van der Waals surface area contributed by atoms with E-state index in [4.69, 9.17) is 19.4 Å². The maximum absolute atomic E-state index is 13.7. The van der Waals surface area contributed by atoms with Gasteiger partial charge in [0.05, 0.1) is 30.8 Å². The van der Waals surface area contributed by atoms with E-state index >= 15 is 0 Å². The van der Waals surface area contributed by atoms with Crippen LogP contribution in [0.4, 0.5) is 5.95 Å². The van der Waals surface area contributed by atoms with E-state index in [9.17, 15) is 4.79 Å². The smallest absolute Gasteiger partial charge is 0.230 e. The van der Waals surface area contributed by atoms with Crippen molar-refractivity contribution in [1.82, 2.24) is 19.8 Å². The van der Waals surface area contributed by atoms with Crippen molar-refractivity contribution < 1.29 is 14.3 Å². The van der Waals surface area contributed by atoms with Crippen molar-refractivity contribution >= 4 is 11.9 Å². The first kappa shape index (κ1) is 25.0. The maximum Gasteiger partial charge on any atom is 0.230 e. The number of amides is 1. The molecule has 0 spiro atoms. The number of carbonyl (C=O) groups is 1. The molecule has 0 aliphatic carbocycles. The van der Waals surface area contributed by atoms with Crippen LogP contribution in [-0.2, 0) is 17.8 Å². The number of rotatable bonds is 7. The zero-order valence-corrected chi connectivity index (χ0v) is 21.9. The van der Waals surface area contributed by atoms with E-state index in [1.807, 2.05) is 59.5 Å². The van der Waals surface area contributed by atoms with Gasteiger partial charge in [-0.05, 0) is 31.2 Å². The highest BCUT2D eigenvalue weighted by molar-refractivity contribution is 5.84. The van der Waals surface area contributed by atoms with Crippen LogP contribution in [0, 0.1) is 0 Å². The summed E-state index contributed by atoms with van der Waals surface area (Å²) in [5.74, 6) is 2.36. The van der Waals surface area contributed by atoms with Gasteiger partial charge >= 0.3 is 0 Å². The van der Waals surface area contributed by atoms with E-state index < -0.39 is 0 Å². The van der Waals surface area contributed by atoms with Crippen LogP contribution in [-0.4, -0.2) is 72.6 Å². The summed E-state index contributed by atoms with van der Waals surface area (Å²) in [7, 11) is 3.76. The van der Waals surface area contributed by atoms with Gasteiger partial charge in [0, 0.05) is 39.1 Å². The third-order valence-electron chi connectivity index (χ3n) is 7.29. The van der Waals surface area contributed by atoms with Crippen molar-refractivity contribution in [2.45, 2.75) is 32.2 Å². The number of hydrogen-bond donors (Lipinski definition) is 0. The highest BCUT2D eigenvalue weighted by Gasteiger charge is 2.31. The number of likely N-dealkylation sites (N-methyl/N-ethyl adjacent to an activating group) is 1. The molecule has 1 saturated heterocycles. The molecule has 3 heterocycles. The predicted octanol–water partition coefficient (Wildman–Crippen LogP) is 4.11. The van der Waals surface area contributed by atoms with Crippen molar-refractivity contribution in [3.05, 3.63) is 71.4 Å². The van der Waals surface area contributed by atoms with E-state index in [1.54, 1.807) is 7.11 Å². The average Bonchev–Trinajstić information content (AvgIpc) is 2.94. The first-order valence-corrected chi connectivity index (χ1v) is 13.0. The molecule has 1 unspecified atom stereocenters. The second-order valence-corrected chi connectivity index (χ2v) is 9.68. The Labute approximate surface area is 218 Å². The number of fused-ring (bicyclic) bond motifs is 1. The number of anilines is 1.